The van der Waals surface area contributed by atoms with Crippen LogP contribution in [0.15, 0.2) is 12.1 Å². The molecule has 0 radical (unpaired) electrons. The van der Waals surface area contributed by atoms with E-state index in [1.54, 1.807) is 12.1 Å². The Kier molecular flexibility index (Phi) is 6.03. The molecule has 0 aliphatic heterocycles. The first-order valence-corrected chi connectivity index (χ1v) is 6.85. The van der Waals surface area contributed by atoms with Crippen molar-refractivity contribution in [3.8, 4) is 0 Å². The van der Waals surface area contributed by atoms with Crippen LogP contribution in [0.5, 0.6) is 0 Å². The minimum Gasteiger partial charge on any atom is -0.330 e. The molecular formula is C12H18ClNOS. The molecule has 0 aromatic carbocycles. The van der Waals surface area contributed by atoms with E-state index in [2.05, 4.69) is 6.92 Å². The summed E-state index contributed by atoms with van der Waals surface area (Å²) in [5, 5.41) is 0. The first kappa shape index (κ1) is 13.7. The zero-order valence-corrected chi connectivity index (χ0v) is 11.1. The van der Waals surface area contributed by atoms with Crippen molar-refractivity contribution >= 4 is 28.7 Å². The fourth-order valence-corrected chi connectivity index (χ4v) is 2.72. The lowest BCUT2D eigenvalue weighted by Crippen LogP contribution is -2.09. The zero-order valence-electron chi connectivity index (χ0n) is 9.54. The molecule has 1 unspecified atom stereocenters. The van der Waals surface area contributed by atoms with Gasteiger partial charge in [-0.15, -0.1) is 11.3 Å². The highest BCUT2D eigenvalue weighted by molar-refractivity contribution is 7.18. The van der Waals surface area contributed by atoms with E-state index >= 15 is 0 Å². The lowest BCUT2D eigenvalue weighted by molar-refractivity contribution is 0.0976. The molecule has 0 aliphatic carbocycles. The van der Waals surface area contributed by atoms with E-state index < -0.39 is 0 Å². The van der Waals surface area contributed by atoms with Crippen LogP contribution in [0.1, 0.15) is 42.3 Å². The smallest absolute Gasteiger partial charge is 0.172 e. The van der Waals surface area contributed by atoms with Gasteiger partial charge in [0.15, 0.2) is 5.78 Å². The van der Waals surface area contributed by atoms with Crippen LogP contribution in [0.25, 0.3) is 0 Å². The standard InChI is InChI=1S/C12H18ClNOS/c1-2-9(7-8-14)3-4-10(15)11-5-6-12(13)16-11/h5-6,9H,2-4,7-8,14H2,1H3. The van der Waals surface area contributed by atoms with Crippen LogP contribution in [0, 0.1) is 5.92 Å². The van der Waals surface area contributed by atoms with Crippen molar-refractivity contribution in [2.75, 3.05) is 6.54 Å². The van der Waals surface area contributed by atoms with Crippen molar-refractivity contribution in [3.63, 3.8) is 0 Å². The van der Waals surface area contributed by atoms with Crippen LogP contribution < -0.4 is 5.73 Å². The SMILES string of the molecule is CCC(CCN)CCC(=O)c1ccc(Cl)s1. The number of thiophene rings is 1. The molecular weight excluding hydrogens is 242 g/mol. The molecule has 0 aliphatic rings. The number of hydrogen-bond donors (Lipinski definition) is 1. The molecule has 0 fully saturated rings. The van der Waals surface area contributed by atoms with Gasteiger partial charge in [0, 0.05) is 6.42 Å². The fourth-order valence-electron chi connectivity index (χ4n) is 1.71. The Labute approximate surface area is 106 Å². The van der Waals surface area contributed by atoms with Gasteiger partial charge in [-0.1, -0.05) is 24.9 Å². The third kappa shape index (κ3) is 4.24. The maximum atomic E-state index is 11.8. The van der Waals surface area contributed by atoms with E-state index in [9.17, 15) is 4.79 Å². The summed E-state index contributed by atoms with van der Waals surface area (Å²) < 4.78 is 0.678. The van der Waals surface area contributed by atoms with Crippen molar-refractivity contribution in [1.29, 1.82) is 0 Å². The summed E-state index contributed by atoms with van der Waals surface area (Å²) in [6, 6.07) is 3.58. The number of halogens is 1. The number of nitrogens with two attached hydrogens (primary N) is 1. The Morgan fingerprint density at radius 3 is 2.75 bits per heavy atom. The molecule has 90 valence electrons. The van der Waals surface area contributed by atoms with Crippen LogP contribution in [-0.4, -0.2) is 12.3 Å². The van der Waals surface area contributed by atoms with Crippen molar-refractivity contribution in [1.82, 2.24) is 0 Å². The lowest BCUT2D eigenvalue weighted by Gasteiger charge is -2.12. The molecule has 0 saturated carbocycles. The average molecular weight is 260 g/mol. The third-order valence-corrected chi connectivity index (χ3v) is 4.05. The molecule has 1 heterocycles. The third-order valence-electron chi connectivity index (χ3n) is 2.78. The summed E-state index contributed by atoms with van der Waals surface area (Å²) in [5.74, 6) is 0.775. The number of carbonyl (C=O) groups excluding carboxylic acids is 1. The fraction of sp³-hybridized carbons (Fsp3) is 0.583. The van der Waals surface area contributed by atoms with Gasteiger partial charge in [0.1, 0.15) is 0 Å². The molecule has 1 aromatic heterocycles. The molecule has 1 atom stereocenters. The van der Waals surface area contributed by atoms with E-state index in [0.717, 1.165) is 24.1 Å². The highest BCUT2D eigenvalue weighted by Crippen LogP contribution is 2.24. The normalized spacial score (nSPS) is 12.7. The predicted molar refractivity (Wildman–Crippen MR) is 70.3 cm³/mol. The highest BCUT2D eigenvalue weighted by Gasteiger charge is 2.12. The lowest BCUT2D eigenvalue weighted by atomic mass is 9.95. The maximum Gasteiger partial charge on any atom is 0.172 e. The van der Waals surface area contributed by atoms with Gasteiger partial charge in [-0.2, -0.15) is 0 Å². The molecule has 4 heteroatoms. The second kappa shape index (κ2) is 7.05. The number of carbonyl (C=O) groups is 1. The minimum absolute atomic E-state index is 0.201. The summed E-state index contributed by atoms with van der Waals surface area (Å²) >= 11 is 7.15. The van der Waals surface area contributed by atoms with Gasteiger partial charge in [-0.3, -0.25) is 4.79 Å². The summed E-state index contributed by atoms with van der Waals surface area (Å²) in [5.41, 5.74) is 5.53. The van der Waals surface area contributed by atoms with Gasteiger partial charge in [-0.25, -0.2) is 0 Å². The number of Topliss-reactive ketones (excluding diaryl/α,β-unsaturated/α-hetero) is 1. The van der Waals surface area contributed by atoms with Gasteiger partial charge >= 0.3 is 0 Å². The molecule has 16 heavy (non-hydrogen) atoms. The summed E-state index contributed by atoms with van der Waals surface area (Å²) in [6.07, 6.45) is 3.64. The maximum absolute atomic E-state index is 11.8. The van der Waals surface area contributed by atoms with Crippen LogP contribution >= 0.6 is 22.9 Å². The molecule has 0 bridgehead atoms. The van der Waals surface area contributed by atoms with Gasteiger partial charge in [0.25, 0.3) is 0 Å². The molecule has 0 spiro atoms. The van der Waals surface area contributed by atoms with Gasteiger partial charge in [0.05, 0.1) is 9.21 Å². The Morgan fingerprint density at radius 2 is 2.25 bits per heavy atom. The largest absolute Gasteiger partial charge is 0.330 e. The summed E-state index contributed by atoms with van der Waals surface area (Å²) in [6.45, 7) is 2.85. The van der Waals surface area contributed by atoms with Gasteiger partial charge < -0.3 is 5.73 Å². The second-order valence-electron chi connectivity index (χ2n) is 3.92. The second-order valence-corrected chi connectivity index (χ2v) is 5.63. The molecule has 0 amide bonds. The summed E-state index contributed by atoms with van der Waals surface area (Å²) in [4.78, 5) is 12.6. The van der Waals surface area contributed by atoms with Crippen molar-refractivity contribution < 1.29 is 4.79 Å². The quantitative estimate of drug-likeness (QED) is 0.758. The van der Waals surface area contributed by atoms with Crippen LogP contribution in [-0.2, 0) is 0 Å². The monoisotopic (exact) mass is 259 g/mol. The van der Waals surface area contributed by atoms with E-state index in [-0.39, 0.29) is 5.78 Å². The molecule has 2 nitrogen and oxygen atoms in total. The van der Waals surface area contributed by atoms with Crippen LogP contribution in [0.2, 0.25) is 4.34 Å². The molecule has 1 rings (SSSR count). The Morgan fingerprint density at radius 1 is 1.50 bits per heavy atom. The van der Waals surface area contributed by atoms with Crippen molar-refractivity contribution in [2.45, 2.75) is 32.6 Å². The Balaban J connectivity index is 2.40. The molecule has 0 saturated heterocycles. The Bertz CT molecular complexity index is 338. The van der Waals surface area contributed by atoms with Gasteiger partial charge in [-0.05, 0) is 37.4 Å². The topological polar surface area (TPSA) is 43.1 Å². The van der Waals surface area contributed by atoms with E-state index in [1.165, 1.54) is 11.3 Å². The van der Waals surface area contributed by atoms with Crippen LogP contribution in [0.3, 0.4) is 0 Å². The summed E-state index contributed by atoms with van der Waals surface area (Å²) in [7, 11) is 0. The number of ketones is 1. The van der Waals surface area contributed by atoms with Crippen molar-refractivity contribution in [3.05, 3.63) is 21.3 Å². The molecule has 1 aromatic rings. The van der Waals surface area contributed by atoms with Crippen LogP contribution in [0.4, 0.5) is 0 Å². The first-order valence-electron chi connectivity index (χ1n) is 5.66. The van der Waals surface area contributed by atoms with E-state index in [4.69, 9.17) is 17.3 Å². The minimum atomic E-state index is 0.201. The van der Waals surface area contributed by atoms with Crippen molar-refractivity contribution in [2.24, 2.45) is 11.7 Å². The van der Waals surface area contributed by atoms with E-state index in [0.29, 0.717) is 23.2 Å². The number of hydrogen-bond acceptors (Lipinski definition) is 3. The zero-order chi connectivity index (χ0) is 12.0. The highest BCUT2D eigenvalue weighted by atomic mass is 35.5. The first-order chi connectivity index (χ1) is 7.67. The van der Waals surface area contributed by atoms with Gasteiger partial charge in [0.2, 0.25) is 0 Å². The predicted octanol–water partition coefficient (Wildman–Crippen LogP) is 3.74. The average Bonchev–Trinajstić information content (AvgIpc) is 2.70. The van der Waals surface area contributed by atoms with E-state index in [1.807, 2.05) is 0 Å². The molecule has 2 N–H and O–H groups in total. The Hall–Kier alpha value is -0.380. The number of rotatable bonds is 7.